The van der Waals surface area contributed by atoms with Crippen LogP contribution in [0.15, 0.2) is 18.2 Å². The molecular weight excluding hydrogens is 270 g/mol. The summed E-state index contributed by atoms with van der Waals surface area (Å²) < 4.78 is 10.6. The number of benzene rings is 1. The second-order valence-corrected chi connectivity index (χ2v) is 6.27. The van der Waals surface area contributed by atoms with Crippen LogP contribution in [0.1, 0.15) is 44.4 Å². The maximum Gasteiger partial charge on any atom is 0.308 e. The van der Waals surface area contributed by atoms with Crippen LogP contribution in [0.25, 0.3) is 0 Å². The van der Waals surface area contributed by atoms with Gasteiger partial charge in [-0.2, -0.15) is 0 Å². The molecule has 0 fully saturated rings. The van der Waals surface area contributed by atoms with Crippen molar-refractivity contribution < 1.29 is 19.1 Å². The van der Waals surface area contributed by atoms with Gasteiger partial charge in [-0.05, 0) is 32.4 Å². The van der Waals surface area contributed by atoms with E-state index in [-0.39, 0.29) is 24.8 Å². The molecule has 0 saturated carbocycles. The van der Waals surface area contributed by atoms with Crippen LogP contribution in [0.5, 0.6) is 5.75 Å². The van der Waals surface area contributed by atoms with E-state index in [0.29, 0.717) is 12.2 Å². The third-order valence-electron chi connectivity index (χ3n) is 3.10. The van der Waals surface area contributed by atoms with E-state index in [2.05, 4.69) is 0 Å². The summed E-state index contributed by atoms with van der Waals surface area (Å²) in [4.78, 5) is 23.2. The first-order valence-electron chi connectivity index (χ1n) is 6.99. The molecule has 0 aliphatic carbocycles. The number of hydrogen-bond donors (Lipinski definition) is 1. The van der Waals surface area contributed by atoms with Crippen LogP contribution >= 0.6 is 0 Å². The Morgan fingerprint density at radius 3 is 2.81 bits per heavy atom. The molecule has 5 nitrogen and oxygen atoms in total. The molecule has 114 valence electrons. The van der Waals surface area contributed by atoms with Crippen LogP contribution in [0, 0.1) is 0 Å². The summed E-state index contributed by atoms with van der Waals surface area (Å²) in [6, 6.07) is 5.00. The highest BCUT2D eigenvalue weighted by atomic mass is 16.6. The molecule has 0 unspecified atom stereocenters. The smallest absolute Gasteiger partial charge is 0.308 e. The van der Waals surface area contributed by atoms with Gasteiger partial charge in [-0.1, -0.05) is 12.1 Å². The minimum Gasteiger partial charge on any atom is -0.486 e. The maximum atomic E-state index is 11.8. The van der Waals surface area contributed by atoms with Crippen LogP contribution < -0.4 is 10.5 Å². The average Bonchev–Trinajstić information content (AvgIpc) is 2.35. The first-order chi connectivity index (χ1) is 9.74. The van der Waals surface area contributed by atoms with Crippen LogP contribution in [-0.4, -0.2) is 24.0 Å². The highest BCUT2D eigenvalue weighted by Gasteiger charge is 2.22. The predicted molar refractivity (Wildman–Crippen MR) is 78.0 cm³/mol. The summed E-state index contributed by atoms with van der Waals surface area (Å²) in [5, 5.41) is 0. The van der Waals surface area contributed by atoms with Crippen molar-refractivity contribution in [3.05, 3.63) is 29.3 Å². The first-order valence-corrected chi connectivity index (χ1v) is 6.99. The fourth-order valence-electron chi connectivity index (χ4n) is 2.21. The SMILES string of the molecule is CC(C)(C)OC(=O)C[C@H](N)c1ccc2c(c1)CC(=O)CO2. The van der Waals surface area contributed by atoms with E-state index in [9.17, 15) is 9.59 Å². The summed E-state index contributed by atoms with van der Waals surface area (Å²) in [6.45, 7) is 5.57. The van der Waals surface area contributed by atoms with Gasteiger partial charge < -0.3 is 15.2 Å². The quantitative estimate of drug-likeness (QED) is 0.861. The lowest BCUT2D eigenvalue weighted by atomic mass is 9.98. The zero-order valence-electron chi connectivity index (χ0n) is 12.6. The van der Waals surface area contributed by atoms with Gasteiger partial charge in [-0.15, -0.1) is 0 Å². The standard InChI is InChI=1S/C16H21NO4/c1-16(2,3)21-15(19)8-13(17)10-4-5-14-11(6-10)7-12(18)9-20-14/h4-6,13H,7-9,17H2,1-3H3/t13-/m0/s1. The van der Waals surface area contributed by atoms with Gasteiger partial charge in [0.05, 0.1) is 6.42 Å². The molecular formula is C16H21NO4. The Morgan fingerprint density at radius 1 is 1.43 bits per heavy atom. The number of esters is 1. The third kappa shape index (κ3) is 4.29. The molecule has 1 atom stereocenters. The fraction of sp³-hybridized carbons (Fsp3) is 0.500. The summed E-state index contributed by atoms with van der Waals surface area (Å²) in [5.41, 5.74) is 7.16. The van der Waals surface area contributed by atoms with Gasteiger partial charge in [0.25, 0.3) is 0 Å². The van der Waals surface area contributed by atoms with Crippen molar-refractivity contribution in [1.82, 2.24) is 0 Å². The van der Waals surface area contributed by atoms with Crippen LogP contribution in [0.4, 0.5) is 0 Å². The molecule has 0 bridgehead atoms. The van der Waals surface area contributed by atoms with E-state index in [1.54, 1.807) is 6.07 Å². The summed E-state index contributed by atoms with van der Waals surface area (Å²) in [5.74, 6) is 0.420. The molecule has 1 heterocycles. The molecule has 5 heteroatoms. The molecule has 1 aliphatic rings. The zero-order valence-corrected chi connectivity index (χ0v) is 12.6. The number of rotatable bonds is 3. The van der Waals surface area contributed by atoms with Crippen molar-refractivity contribution >= 4 is 11.8 Å². The Balaban J connectivity index is 2.06. The van der Waals surface area contributed by atoms with Gasteiger partial charge in [0.1, 0.15) is 18.0 Å². The number of ketones is 1. The van der Waals surface area contributed by atoms with E-state index in [0.717, 1.165) is 11.1 Å². The van der Waals surface area contributed by atoms with Crippen molar-refractivity contribution in [2.45, 2.75) is 45.3 Å². The van der Waals surface area contributed by atoms with Crippen LogP contribution in [0.2, 0.25) is 0 Å². The number of Topliss-reactive ketones (excluding diaryl/α,β-unsaturated/α-hetero) is 1. The monoisotopic (exact) mass is 291 g/mol. The maximum absolute atomic E-state index is 11.8. The summed E-state index contributed by atoms with van der Waals surface area (Å²) in [7, 11) is 0. The molecule has 0 spiro atoms. The van der Waals surface area contributed by atoms with Crippen molar-refractivity contribution in [2.75, 3.05) is 6.61 Å². The molecule has 21 heavy (non-hydrogen) atoms. The van der Waals surface area contributed by atoms with Crippen molar-refractivity contribution in [2.24, 2.45) is 5.73 Å². The Labute approximate surface area is 124 Å². The van der Waals surface area contributed by atoms with Gasteiger partial charge in [0.15, 0.2) is 5.78 Å². The van der Waals surface area contributed by atoms with E-state index >= 15 is 0 Å². The zero-order chi connectivity index (χ0) is 15.6. The molecule has 0 amide bonds. The van der Waals surface area contributed by atoms with E-state index in [1.807, 2.05) is 32.9 Å². The first kappa shape index (κ1) is 15.5. The van der Waals surface area contributed by atoms with E-state index in [1.165, 1.54) is 0 Å². The van der Waals surface area contributed by atoms with Gasteiger partial charge in [0, 0.05) is 18.0 Å². The molecule has 0 radical (unpaired) electrons. The predicted octanol–water partition coefficient (Wildman–Crippen LogP) is 1.92. The lowest BCUT2D eigenvalue weighted by molar-refractivity contribution is -0.155. The normalized spacial score (nSPS) is 15.9. The minimum atomic E-state index is -0.521. The molecule has 1 aliphatic heterocycles. The minimum absolute atomic E-state index is 0.0420. The Bertz CT molecular complexity index is 560. The molecule has 1 aromatic carbocycles. The number of fused-ring (bicyclic) bond motifs is 1. The lowest BCUT2D eigenvalue weighted by Crippen LogP contribution is -2.27. The van der Waals surface area contributed by atoms with Gasteiger partial charge >= 0.3 is 5.97 Å². The van der Waals surface area contributed by atoms with Gasteiger partial charge in [-0.3, -0.25) is 9.59 Å². The van der Waals surface area contributed by atoms with E-state index < -0.39 is 11.6 Å². The number of nitrogens with two attached hydrogens (primary N) is 1. The largest absolute Gasteiger partial charge is 0.486 e. The number of ether oxygens (including phenoxy) is 2. The molecule has 0 saturated heterocycles. The summed E-state index contributed by atoms with van der Waals surface area (Å²) in [6.07, 6.45) is 0.452. The highest BCUT2D eigenvalue weighted by molar-refractivity contribution is 5.84. The Morgan fingerprint density at radius 2 is 2.14 bits per heavy atom. The second-order valence-electron chi connectivity index (χ2n) is 6.27. The fourth-order valence-corrected chi connectivity index (χ4v) is 2.21. The highest BCUT2D eigenvalue weighted by Crippen LogP contribution is 2.27. The second kappa shape index (κ2) is 5.85. The van der Waals surface area contributed by atoms with Gasteiger partial charge in [-0.25, -0.2) is 0 Å². The molecule has 2 N–H and O–H groups in total. The Hall–Kier alpha value is -1.88. The topological polar surface area (TPSA) is 78.6 Å². The Kier molecular flexibility index (Phi) is 4.32. The average molecular weight is 291 g/mol. The molecule has 2 rings (SSSR count). The van der Waals surface area contributed by atoms with E-state index in [4.69, 9.17) is 15.2 Å². The van der Waals surface area contributed by atoms with Crippen molar-refractivity contribution in [3.63, 3.8) is 0 Å². The third-order valence-corrected chi connectivity index (χ3v) is 3.10. The van der Waals surface area contributed by atoms with Crippen LogP contribution in [0.3, 0.4) is 0 Å². The number of carbonyl (C=O) groups is 2. The summed E-state index contributed by atoms with van der Waals surface area (Å²) >= 11 is 0. The molecule has 0 aromatic heterocycles. The molecule has 1 aromatic rings. The van der Waals surface area contributed by atoms with Crippen molar-refractivity contribution in [3.8, 4) is 5.75 Å². The van der Waals surface area contributed by atoms with Crippen molar-refractivity contribution in [1.29, 1.82) is 0 Å². The van der Waals surface area contributed by atoms with Crippen LogP contribution in [-0.2, 0) is 20.7 Å². The lowest BCUT2D eigenvalue weighted by Gasteiger charge is -2.22. The number of hydrogen-bond acceptors (Lipinski definition) is 5. The van der Waals surface area contributed by atoms with Gasteiger partial charge in [0.2, 0.25) is 0 Å². The number of carbonyl (C=O) groups excluding carboxylic acids is 2.